The fourth-order valence-corrected chi connectivity index (χ4v) is 2.45. The molecule has 3 unspecified atom stereocenters. The van der Waals surface area contributed by atoms with Crippen LogP contribution in [0.5, 0.6) is 0 Å². The molecule has 3 atom stereocenters. The third-order valence-corrected chi connectivity index (χ3v) is 3.76. The van der Waals surface area contributed by atoms with Crippen molar-refractivity contribution in [3.63, 3.8) is 0 Å². The van der Waals surface area contributed by atoms with Crippen LogP contribution in [0.4, 0.5) is 0 Å². The van der Waals surface area contributed by atoms with Crippen molar-refractivity contribution in [1.82, 2.24) is 0 Å². The van der Waals surface area contributed by atoms with Gasteiger partial charge in [0, 0.05) is 13.8 Å². The summed E-state index contributed by atoms with van der Waals surface area (Å²) in [6, 6.07) is 0. The fourth-order valence-electron chi connectivity index (χ4n) is 1.51. The average molecular weight is 222 g/mol. The average Bonchev–Trinajstić information content (AvgIpc) is 2.14. The van der Waals surface area contributed by atoms with E-state index in [1.807, 2.05) is 6.92 Å². The van der Waals surface area contributed by atoms with E-state index in [0.717, 1.165) is 19.3 Å². The van der Waals surface area contributed by atoms with Gasteiger partial charge in [-0.05, 0) is 18.8 Å². The molecule has 14 heavy (non-hydrogen) atoms. The SMILES string of the molecule is CCCC(C)C(CC)OP(C)(=O)OC. The molecule has 0 aromatic heterocycles. The summed E-state index contributed by atoms with van der Waals surface area (Å²) in [7, 11) is -1.40. The Morgan fingerprint density at radius 2 is 1.93 bits per heavy atom. The van der Waals surface area contributed by atoms with Gasteiger partial charge in [0.15, 0.2) is 0 Å². The van der Waals surface area contributed by atoms with Gasteiger partial charge in [-0.15, -0.1) is 0 Å². The van der Waals surface area contributed by atoms with Crippen LogP contribution in [-0.2, 0) is 13.6 Å². The molecule has 0 rings (SSSR count). The molecule has 0 radical (unpaired) electrons. The van der Waals surface area contributed by atoms with Gasteiger partial charge in [-0.1, -0.05) is 27.2 Å². The van der Waals surface area contributed by atoms with Gasteiger partial charge in [0.2, 0.25) is 0 Å². The molecule has 0 aliphatic carbocycles. The Morgan fingerprint density at radius 3 is 2.29 bits per heavy atom. The molecule has 0 amide bonds. The number of hydrogen-bond donors (Lipinski definition) is 0. The molecule has 3 nitrogen and oxygen atoms in total. The largest absolute Gasteiger partial charge is 0.327 e. The van der Waals surface area contributed by atoms with Crippen LogP contribution >= 0.6 is 7.60 Å². The minimum Gasteiger partial charge on any atom is -0.312 e. The molecule has 0 aliphatic heterocycles. The fraction of sp³-hybridized carbons (Fsp3) is 1.00. The molecule has 0 N–H and O–H groups in total. The van der Waals surface area contributed by atoms with E-state index in [1.165, 1.54) is 13.8 Å². The smallest absolute Gasteiger partial charge is 0.312 e. The summed E-state index contributed by atoms with van der Waals surface area (Å²) in [4.78, 5) is 0. The Morgan fingerprint density at radius 1 is 1.36 bits per heavy atom. The van der Waals surface area contributed by atoms with E-state index in [1.54, 1.807) is 0 Å². The first-order valence-electron chi connectivity index (χ1n) is 5.28. The maximum atomic E-state index is 11.6. The summed E-state index contributed by atoms with van der Waals surface area (Å²) in [5, 5.41) is 0. The lowest BCUT2D eigenvalue weighted by atomic mass is 9.98. The Hall–Kier alpha value is 0.150. The van der Waals surface area contributed by atoms with Gasteiger partial charge >= 0.3 is 7.60 Å². The summed E-state index contributed by atoms with van der Waals surface area (Å²) in [5.74, 6) is 0.438. The third kappa shape index (κ3) is 5.14. The maximum Gasteiger partial charge on any atom is 0.327 e. The van der Waals surface area contributed by atoms with Gasteiger partial charge in [0.1, 0.15) is 0 Å². The van der Waals surface area contributed by atoms with Gasteiger partial charge in [-0.2, -0.15) is 0 Å². The quantitative estimate of drug-likeness (QED) is 0.616. The highest BCUT2D eigenvalue weighted by molar-refractivity contribution is 7.52. The van der Waals surface area contributed by atoms with E-state index >= 15 is 0 Å². The predicted molar refractivity (Wildman–Crippen MR) is 59.8 cm³/mol. The van der Waals surface area contributed by atoms with E-state index < -0.39 is 7.60 Å². The van der Waals surface area contributed by atoms with Crippen LogP contribution in [0, 0.1) is 5.92 Å². The van der Waals surface area contributed by atoms with E-state index in [4.69, 9.17) is 9.05 Å². The molecule has 0 spiro atoms. The van der Waals surface area contributed by atoms with E-state index in [2.05, 4.69) is 13.8 Å². The van der Waals surface area contributed by atoms with Gasteiger partial charge in [-0.25, -0.2) is 0 Å². The van der Waals surface area contributed by atoms with Crippen molar-refractivity contribution in [3.05, 3.63) is 0 Å². The molecule has 0 bridgehead atoms. The summed E-state index contributed by atoms with van der Waals surface area (Å²) >= 11 is 0. The van der Waals surface area contributed by atoms with E-state index in [9.17, 15) is 4.57 Å². The van der Waals surface area contributed by atoms with Gasteiger partial charge in [0.25, 0.3) is 0 Å². The third-order valence-electron chi connectivity index (χ3n) is 2.44. The van der Waals surface area contributed by atoms with Crippen LogP contribution in [0.25, 0.3) is 0 Å². The van der Waals surface area contributed by atoms with Crippen molar-refractivity contribution in [2.24, 2.45) is 5.92 Å². The van der Waals surface area contributed by atoms with Crippen molar-refractivity contribution in [3.8, 4) is 0 Å². The molecular weight excluding hydrogens is 199 g/mol. The Kier molecular flexibility index (Phi) is 6.67. The monoisotopic (exact) mass is 222 g/mol. The summed E-state index contributed by atoms with van der Waals surface area (Å²) in [6.07, 6.45) is 3.15. The lowest BCUT2D eigenvalue weighted by Gasteiger charge is -2.25. The van der Waals surface area contributed by atoms with Crippen LogP contribution in [0.2, 0.25) is 0 Å². The first-order chi connectivity index (χ1) is 6.46. The Balaban J connectivity index is 4.21. The summed E-state index contributed by atoms with van der Waals surface area (Å²) < 4.78 is 21.9. The first kappa shape index (κ1) is 14.2. The van der Waals surface area contributed by atoms with E-state index in [0.29, 0.717) is 5.92 Å². The normalized spacial score (nSPS) is 20.1. The topological polar surface area (TPSA) is 35.5 Å². The summed E-state index contributed by atoms with van der Waals surface area (Å²) in [5.41, 5.74) is 0. The molecule has 0 aliphatic rings. The van der Waals surface area contributed by atoms with Crippen molar-refractivity contribution in [2.45, 2.75) is 46.1 Å². The zero-order chi connectivity index (χ0) is 11.2. The van der Waals surface area contributed by atoms with Gasteiger partial charge in [-0.3, -0.25) is 4.57 Å². The van der Waals surface area contributed by atoms with Crippen molar-refractivity contribution < 1.29 is 13.6 Å². The Labute approximate surface area is 87.7 Å². The maximum absolute atomic E-state index is 11.6. The highest BCUT2D eigenvalue weighted by atomic mass is 31.2. The van der Waals surface area contributed by atoms with Crippen LogP contribution < -0.4 is 0 Å². The minimum atomic E-state index is -2.82. The highest BCUT2D eigenvalue weighted by Gasteiger charge is 2.24. The zero-order valence-corrected chi connectivity index (χ0v) is 10.8. The standard InChI is InChI=1S/C10H23O3P/c1-6-8-9(3)10(7-2)13-14(5,11)12-4/h9-10H,6-8H2,1-5H3. The van der Waals surface area contributed by atoms with Crippen LogP contribution in [0.15, 0.2) is 0 Å². The highest BCUT2D eigenvalue weighted by Crippen LogP contribution is 2.45. The molecule has 0 aromatic carbocycles. The van der Waals surface area contributed by atoms with Crippen molar-refractivity contribution in [1.29, 1.82) is 0 Å². The molecular formula is C10H23O3P. The summed E-state index contributed by atoms with van der Waals surface area (Å²) in [6.45, 7) is 7.85. The number of rotatable bonds is 7. The first-order valence-corrected chi connectivity index (χ1v) is 7.27. The van der Waals surface area contributed by atoms with Crippen LogP contribution in [0.3, 0.4) is 0 Å². The lowest BCUT2D eigenvalue weighted by Crippen LogP contribution is -2.20. The zero-order valence-electron chi connectivity index (χ0n) is 9.95. The van der Waals surface area contributed by atoms with Crippen LogP contribution in [0.1, 0.15) is 40.0 Å². The van der Waals surface area contributed by atoms with Crippen molar-refractivity contribution >= 4 is 7.60 Å². The van der Waals surface area contributed by atoms with Gasteiger partial charge < -0.3 is 9.05 Å². The molecule has 0 heterocycles. The molecule has 0 aromatic rings. The number of hydrogen-bond acceptors (Lipinski definition) is 3. The second kappa shape index (κ2) is 6.60. The second-order valence-electron chi connectivity index (χ2n) is 3.77. The van der Waals surface area contributed by atoms with Crippen LogP contribution in [-0.4, -0.2) is 19.9 Å². The minimum absolute atomic E-state index is 0.0470. The van der Waals surface area contributed by atoms with Gasteiger partial charge in [0.05, 0.1) is 6.10 Å². The van der Waals surface area contributed by atoms with Crippen molar-refractivity contribution in [2.75, 3.05) is 13.8 Å². The molecule has 86 valence electrons. The molecule has 0 saturated heterocycles. The lowest BCUT2D eigenvalue weighted by molar-refractivity contribution is 0.110. The Bertz CT molecular complexity index is 194. The second-order valence-corrected chi connectivity index (χ2v) is 5.89. The molecule has 4 heteroatoms. The molecule has 0 saturated carbocycles. The molecule has 0 fully saturated rings. The van der Waals surface area contributed by atoms with E-state index in [-0.39, 0.29) is 6.10 Å². The predicted octanol–water partition coefficient (Wildman–Crippen LogP) is 3.69.